The maximum absolute atomic E-state index is 4.28. The topological polar surface area (TPSA) is 20.2 Å². The van der Waals surface area contributed by atoms with Crippen LogP contribution in [0.5, 0.6) is 0 Å². The lowest BCUT2D eigenvalue weighted by Gasteiger charge is -2.42. The maximum atomic E-state index is 4.28. The average Bonchev–Trinajstić information content (AvgIpc) is 3.86. The third-order valence-corrected chi connectivity index (χ3v) is 17.7. The highest BCUT2D eigenvalue weighted by Gasteiger charge is 2.42. The van der Waals surface area contributed by atoms with E-state index in [0.717, 1.165) is 41.3 Å². The van der Waals surface area contributed by atoms with E-state index in [1.165, 1.54) is 136 Å². The van der Waals surface area contributed by atoms with Crippen LogP contribution in [0.25, 0.3) is 60.5 Å². The molecular weight excluding hydrogens is 894 g/mol. The van der Waals surface area contributed by atoms with Crippen LogP contribution in [-0.2, 0) is 22.7 Å². The van der Waals surface area contributed by atoms with Crippen LogP contribution >= 0.6 is 0 Å². The highest BCUT2D eigenvalue weighted by molar-refractivity contribution is 6.73. The second kappa shape index (κ2) is 17.1. The number of anilines is 5. The lowest BCUT2D eigenvalue weighted by molar-refractivity contribution is 0.332. The van der Waals surface area contributed by atoms with Crippen LogP contribution in [0.15, 0.2) is 164 Å². The van der Waals surface area contributed by atoms with Gasteiger partial charge in [0.2, 0.25) is 0 Å². The maximum Gasteiger partial charge on any atom is 0.197 e. The van der Waals surface area contributed by atoms with Crippen molar-refractivity contribution < 1.29 is 0 Å². The zero-order chi connectivity index (χ0) is 50.8. The molecule has 1 aromatic heterocycles. The Hall–Kier alpha value is -7.30. The van der Waals surface area contributed by atoms with Gasteiger partial charge >= 0.3 is 0 Å². The highest BCUT2D eigenvalue weighted by Crippen LogP contribution is 2.55. The lowest BCUT2D eigenvalue weighted by Crippen LogP contribution is -2.38. The number of unbranched alkanes of at least 4 members (excludes halogenated alkanes) is 2. The first-order valence-corrected chi connectivity index (χ1v) is 27.4. The van der Waals surface area contributed by atoms with E-state index in [0.29, 0.717) is 0 Å². The minimum Gasteiger partial charge on any atom is -0.355 e. The van der Waals surface area contributed by atoms with Gasteiger partial charge in [-0.15, -0.1) is 0 Å². The van der Waals surface area contributed by atoms with Crippen LogP contribution < -0.4 is 21.1 Å². The van der Waals surface area contributed by atoms with Gasteiger partial charge in [-0.25, -0.2) is 0 Å². The van der Waals surface area contributed by atoms with Gasteiger partial charge in [0.15, 0.2) is 7.28 Å². The monoisotopic (exact) mass is 961 g/mol. The number of aromatic nitrogens is 1. The van der Waals surface area contributed by atoms with Gasteiger partial charge in [-0.1, -0.05) is 182 Å². The predicted molar refractivity (Wildman–Crippen MR) is 319 cm³/mol. The van der Waals surface area contributed by atoms with Gasteiger partial charge in [-0.3, -0.25) is 0 Å². The normalized spacial score (nSPS) is 15.4. The number of fused-ring (bicyclic) bond motifs is 11. The number of hydrogen-bond donors (Lipinski definition) is 1. The largest absolute Gasteiger partial charge is 0.355 e. The molecule has 365 valence electrons. The fourth-order valence-corrected chi connectivity index (χ4v) is 13.5. The smallest absolute Gasteiger partial charge is 0.197 e. The molecule has 3 aliphatic rings. The van der Waals surface area contributed by atoms with Gasteiger partial charge in [0, 0.05) is 61.4 Å². The first-order chi connectivity index (χ1) is 35.7. The molecule has 1 radical (unpaired) electrons. The van der Waals surface area contributed by atoms with E-state index in [1.807, 2.05) is 0 Å². The van der Waals surface area contributed by atoms with Gasteiger partial charge in [-0.05, 0) is 171 Å². The second-order valence-corrected chi connectivity index (χ2v) is 23.8. The van der Waals surface area contributed by atoms with Crippen LogP contribution in [0.2, 0.25) is 0 Å². The zero-order valence-corrected chi connectivity index (χ0v) is 44.8. The van der Waals surface area contributed by atoms with Crippen LogP contribution in [-0.4, -0.2) is 11.8 Å². The van der Waals surface area contributed by atoms with Crippen molar-refractivity contribution >= 4 is 79.2 Å². The van der Waals surface area contributed by atoms with Crippen molar-refractivity contribution in [2.45, 2.75) is 117 Å². The lowest BCUT2D eigenvalue weighted by atomic mass is 9.57. The molecule has 0 spiro atoms. The number of nitrogens with one attached hydrogen (secondary N) is 1. The third kappa shape index (κ3) is 7.22. The van der Waals surface area contributed by atoms with Crippen LogP contribution in [0.1, 0.15) is 120 Å². The molecule has 9 aromatic carbocycles. The van der Waals surface area contributed by atoms with Crippen molar-refractivity contribution in [3.8, 4) is 27.9 Å². The Balaban J connectivity index is 1.10. The van der Waals surface area contributed by atoms with E-state index in [4.69, 9.17) is 0 Å². The molecule has 0 saturated carbocycles. The summed E-state index contributed by atoms with van der Waals surface area (Å²) in [4.78, 5) is 2.45. The van der Waals surface area contributed by atoms with Crippen LogP contribution in [0, 0.1) is 13.8 Å². The number of aryl methyl sites for hydroxylation is 3. The van der Waals surface area contributed by atoms with Crippen molar-refractivity contribution in [2.24, 2.45) is 0 Å². The molecule has 2 aliphatic carbocycles. The Kier molecular flexibility index (Phi) is 10.8. The van der Waals surface area contributed by atoms with Crippen molar-refractivity contribution in [2.75, 3.05) is 10.2 Å². The highest BCUT2D eigenvalue weighted by atomic mass is 15.1. The fourth-order valence-electron chi connectivity index (χ4n) is 13.5. The van der Waals surface area contributed by atoms with E-state index in [1.54, 1.807) is 0 Å². The number of benzene rings is 9. The Morgan fingerprint density at radius 2 is 1.27 bits per heavy atom. The molecule has 13 rings (SSSR count). The average molecular weight is 961 g/mol. The van der Waals surface area contributed by atoms with E-state index < -0.39 is 0 Å². The molecule has 0 fully saturated rings. The number of para-hydroxylation sites is 1. The van der Waals surface area contributed by atoms with Crippen molar-refractivity contribution in [1.29, 1.82) is 0 Å². The number of hydrogen-bond acceptors (Lipinski definition) is 2. The van der Waals surface area contributed by atoms with E-state index in [9.17, 15) is 0 Å². The molecule has 0 bridgehead atoms. The molecule has 0 amide bonds. The van der Waals surface area contributed by atoms with Gasteiger partial charge in [0.1, 0.15) is 0 Å². The summed E-state index contributed by atoms with van der Waals surface area (Å²) in [5.41, 5.74) is 26.5. The molecule has 74 heavy (non-hydrogen) atoms. The summed E-state index contributed by atoms with van der Waals surface area (Å²) in [7, 11) is 2.51. The van der Waals surface area contributed by atoms with Gasteiger partial charge in [0.05, 0.1) is 5.52 Å². The molecule has 4 heteroatoms. The van der Waals surface area contributed by atoms with Gasteiger partial charge in [-0.2, -0.15) is 0 Å². The van der Waals surface area contributed by atoms with Gasteiger partial charge < -0.3 is 14.8 Å². The minimum absolute atomic E-state index is 0.0538. The summed E-state index contributed by atoms with van der Waals surface area (Å²) < 4.78 is 2.60. The molecule has 1 aliphatic heterocycles. The second-order valence-electron chi connectivity index (χ2n) is 23.8. The fraction of sp³-hybridized carbons (Fsp3) is 0.257. The minimum atomic E-state index is -0.286. The predicted octanol–water partition coefficient (Wildman–Crippen LogP) is 17.8. The molecule has 1 N–H and O–H groups in total. The Bertz CT molecular complexity index is 3900. The summed E-state index contributed by atoms with van der Waals surface area (Å²) in [6.45, 7) is 21.4. The first kappa shape index (κ1) is 46.5. The molecule has 0 unspecified atom stereocenters. The Morgan fingerprint density at radius 3 is 2.04 bits per heavy atom. The number of nitrogens with zero attached hydrogens (tertiary/aromatic N) is 2. The molecule has 2 heterocycles. The Labute approximate surface area is 439 Å². The first-order valence-electron chi connectivity index (χ1n) is 27.4. The Morgan fingerprint density at radius 1 is 0.581 bits per heavy atom. The molecule has 10 aromatic rings. The molecule has 0 saturated heterocycles. The standard InChI is InChI=1S/C70H67BN3/c1-10-11-12-18-45-27-32-48(33-28-45)73(47-30-25-43(2)26-31-47)49-34-35-52(60(40-49)72-59-42-57-56(39-44(59)3)68(4,5)37-38-69(57,6)7)64-65-54(51-21-15-16-23-55(51)70(65,8)9)41-62-66(64)71-58-24-17-22-53-63-50-20-14-13-19-46(50)29-36-61(63)74(62)67(53)58/h13-17,19-36,39-42,72H,10-12,18,37-38H2,1-9H3. The van der Waals surface area contributed by atoms with Crippen LogP contribution in [0.4, 0.5) is 28.4 Å². The summed E-state index contributed by atoms with van der Waals surface area (Å²) in [6.07, 6.45) is 7.13. The van der Waals surface area contributed by atoms with Crippen molar-refractivity contribution in [3.05, 3.63) is 203 Å². The summed E-state index contributed by atoms with van der Waals surface area (Å²) in [5, 5.41) is 9.45. The quantitative estimate of drug-likeness (QED) is 0.109. The van der Waals surface area contributed by atoms with Crippen LogP contribution in [0.3, 0.4) is 0 Å². The van der Waals surface area contributed by atoms with E-state index in [-0.39, 0.29) is 16.2 Å². The van der Waals surface area contributed by atoms with Crippen molar-refractivity contribution in [1.82, 2.24) is 4.57 Å². The zero-order valence-electron chi connectivity index (χ0n) is 44.8. The summed E-state index contributed by atoms with van der Waals surface area (Å²) in [5.74, 6) is 0. The third-order valence-electron chi connectivity index (χ3n) is 17.7. The molecular formula is C70H67BN3. The summed E-state index contributed by atoms with van der Waals surface area (Å²) in [6, 6.07) is 62.9. The van der Waals surface area contributed by atoms with E-state index in [2.05, 4.69) is 248 Å². The molecule has 3 nitrogen and oxygen atoms in total. The van der Waals surface area contributed by atoms with Crippen molar-refractivity contribution in [3.63, 3.8) is 0 Å². The summed E-state index contributed by atoms with van der Waals surface area (Å²) >= 11 is 0. The number of rotatable bonds is 10. The molecule has 0 atom stereocenters. The SMILES string of the molecule is CCCCCc1ccc(N(c2ccc(C)cc2)c2ccc(-c3c4c(cc5c3C(C)(C)c3ccccc3-5)-n3c5ccc6ccccc6c5c5cccc(c53)[B]4)c(Nc3cc4c(cc3C)C(C)(C)CCC4(C)C)c2)cc1. The van der Waals surface area contributed by atoms with E-state index >= 15 is 0 Å². The van der Waals surface area contributed by atoms with Gasteiger partial charge in [0.25, 0.3) is 0 Å².